The molecule has 0 spiro atoms. The van der Waals surface area contributed by atoms with E-state index in [1.165, 1.54) is 0 Å². The van der Waals surface area contributed by atoms with Gasteiger partial charge in [0.15, 0.2) is 16.6 Å². The summed E-state index contributed by atoms with van der Waals surface area (Å²) in [5, 5.41) is 7.51. The lowest BCUT2D eigenvalue weighted by atomic mass is 10.2. The fourth-order valence-electron chi connectivity index (χ4n) is 2.22. The number of ether oxygens (including phenoxy) is 4. The molecule has 0 bridgehead atoms. The first-order chi connectivity index (χ1) is 12.6. The number of nitrogens with one attached hydrogen (secondary N) is 2. The molecular formula is C18H21N3O4S. The van der Waals surface area contributed by atoms with Crippen LogP contribution in [0, 0.1) is 0 Å². The van der Waals surface area contributed by atoms with Gasteiger partial charge in [-0.2, -0.15) is 5.10 Å². The van der Waals surface area contributed by atoms with Gasteiger partial charge in [0.1, 0.15) is 5.75 Å². The molecule has 2 rings (SSSR count). The zero-order valence-electron chi connectivity index (χ0n) is 15.0. The Morgan fingerprint density at radius 2 is 1.58 bits per heavy atom. The number of methoxy groups -OCH3 is 4. The van der Waals surface area contributed by atoms with Crippen molar-refractivity contribution in [3.63, 3.8) is 0 Å². The van der Waals surface area contributed by atoms with E-state index in [-0.39, 0.29) is 0 Å². The summed E-state index contributed by atoms with van der Waals surface area (Å²) in [5.41, 5.74) is 4.29. The zero-order valence-corrected chi connectivity index (χ0v) is 15.8. The van der Waals surface area contributed by atoms with Crippen LogP contribution >= 0.6 is 12.2 Å². The minimum absolute atomic E-state index is 0.353. The van der Waals surface area contributed by atoms with E-state index in [2.05, 4.69) is 15.8 Å². The van der Waals surface area contributed by atoms with Crippen LogP contribution in [0.15, 0.2) is 41.5 Å². The normalized spacial score (nSPS) is 10.3. The molecule has 7 nitrogen and oxygen atoms in total. The second-order valence-electron chi connectivity index (χ2n) is 4.98. The van der Waals surface area contributed by atoms with Crippen molar-refractivity contribution in [1.82, 2.24) is 5.43 Å². The van der Waals surface area contributed by atoms with Crippen LogP contribution < -0.4 is 29.7 Å². The van der Waals surface area contributed by atoms with Crippen LogP contribution in [0.5, 0.6) is 23.0 Å². The van der Waals surface area contributed by atoms with E-state index in [1.807, 2.05) is 30.3 Å². The standard InChI is InChI=1S/C18H21N3O4S/c1-22-14-8-6-13(7-9-14)20-18(26)21-19-11-12-5-10-15(23-2)17(25-4)16(12)24-3/h5-11H,1-4H3,(H2,20,21,26)/b19-11+. The second-order valence-corrected chi connectivity index (χ2v) is 5.38. The van der Waals surface area contributed by atoms with Crippen LogP contribution in [-0.4, -0.2) is 39.8 Å². The molecule has 0 aliphatic rings. The predicted octanol–water partition coefficient (Wildman–Crippen LogP) is 3.04. The number of hydrazone groups is 1. The number of hydrogen-bond donors (Lipinski definition) is 2. The summed E-state index contributed by atoms with van der Waals surface area (Å²) >= 11 is 5.22. The molecule has 0 amide bonds. The highest BCUT2D eigenvalue weighted by Crippen LogP contribution is 2.38. The molecule has 2 N–H and O–H groups in total. The van der Waals surface area contributed by atoms with Crippen molar-refractivity contribution in [2.24, 2.45) is 5.10 Å². The first kappa shape index (κ1) is 19.3. The van der Waals surface area contributed by atoms with Crippen LogP contribution in [-0.2, 0) is 0 Å². The molecule has 26 heavy (non-hydrogen) atoms. The maximum absolute atomic E-state index is 5.40. The maximum atomic E-state index is 5.40. The van der Waals surface area contributed by atoms with Crippen molar-refractivity contribution in [1.29, 1.82) is 0 Å². The highest BCUT2D eigenvalue weighted by Gasteiger charge is 2.14. The summed E-state index contributed by atoms with van der Waals surface area (Å²) in [5.74, 6) is 2.36. The first-order valence-electron chi connectivity index (χ1n) is 7.66. The highest BCUT2D eigenvalue weighted by atomic mass is 32.1. The minimum Gasteiger partial charge on any atom is -0.497 e. The van der Waals surface area contributed by atoms with Gasteiger partial charge in [-0.05, 0) is 48.6 Å². The van der Waals surface area contributed by atoms with Gasteiger partial charge in [-0.15, -0.1) is 0 Å². The number of nitrogens with zero attached hydrogens (tertiary/aromatic N) is 1. The van der Waals surface area contributed by atoms with Gasteiger partial charge in [0.2, 0.25) is 5.75 Å². The SMILES string of the molecule is COc1ccc(NC(=S)N/N=C/c2ccc(OC)c(OC)c2OC)cc1. The van der Waals surface area contributed by atoms with Gasteiger partial charge in [-0.3, -0.25) is 5.43 Å². The second kappa shape index (κ2) is 9.47. The van der Waals surface area contributed by atoms with E-state index in [0.717, 1.165) is 11.4 Å². The summed E-state index contributed by atoms with van der Waals surface area (Å²) in [7, 11) is 6.28. The first-order valence-corrected chi connectivity index (χ1v) is 8.06. The Balaban J connectivity index is 2.04. The van der Waals surface area contributed by atoms with Crippen molar-refractivity contribution in [3.05, 3.63) is 42.0 Å². The fourth-order valence-corrected chi connectivity index (χ4v) is 2.39. The molecule has 8 heteroatoms. The average Bonchev–Trinajstić information content (AvgIpc) is 2.67. The molecule has 2 aromatic rings. The van der Waals surface area contributed by atoms with Crippen molar-refractivity contribution in [2.75, 3.05) is 33.8 Å². The Kier molecular flexibility index (Phi) is 7.04. The van der Waals surface area contributed by atoms with E-state index in [0.29, 0.717) is 27.9 Å². The Morgan fingerprint density at radius 3 is 2.15 bits per heavy atom. The summed E-state index contributed by atoms with van der Waals surface area (Å²) in [4.78, 5) is 0. The molecule has 0 radical (unpaired) electrons. The molecule has 0 atom stereocenters. The molecule has 0 unspecified atom stereocenters. The third kappa shape index (κ3) is 4.76. The lowest BCUT2D eigenvalue weighted by Gasteiger charge is -2.13. The van der Waals surface area contributed by atoms with Gasteiger partial charge in [0, 0.05) is 11.3 Å². The number of rotatable bonds is 7. The van der Waals surface area contributed by atoms with Crippen molar-refractivity contribution >= 4 is 29.2 Å². The number of anilines is 1. The van der Waals surface area contributed by atoms with Crippen LogP contribution in [0.3, 0.4) is 0 Å². The Hall–Kier alpha value is -3.00. The largest absolute Gasteiger partial charge is 0.497 e. The van der Waals surface area contributed by atoms with Crippen LogP contribution in [0.4, 0.5) is 5.69 Å². The van der Waals surface area contributed by atoms with E-state index < -0.39 is 0 Å². The summed E-state index contributed by atoms with van der Waals surface area (Å²) in [6.45, 7) is 0. The molecule has 0 fully saturated rings. The van der Waals surface area contributed by atoms with E-state index >= 15 is 0 Å². The lowest BCUT2D eigenvalue weighted by Crippen LogP contribution is -2.23. The van der Waals surface area contributed by atoms with Crippen LogP contribution in [0.1, 0.15) is 5.56 Å². The van der Waals surface area contributed by atoms with E-state index in [1.54, 1.807) is 40.7 Å². The number of hydrogen-bond acceptors (Lipinski definition) is 6. The van der Waals surface area contributed by atoms with Gasteiger partial charge < -0.3 is 24.3 Å². The van der Waals surface area contributed by atoms with Gasteiger partial charge in [0.05, 0.1) is 34.7 Å². The summed E-state index contributed by atoms with van der Waals surface area (Å²) in [6, 6.07) is 11.0. The molecule has 0 aliphatic carbocycles. The molecule has 0 aromatic heterocycles. The summed E-state index contributed by atoms with van der Waals surface area (Å²) in [6.07, 6.45) is 1.59. The monoisotopic (exact) mass is 375 g/mol. The van der Waals surface area contributed by atoms with Crippen molar-refractivity contribution in [2.45, 2.75) is 0 Å². The third-order valence-corrected chi connectivity index (χ3v) is 3.65. The van der Waals surface area contributed by atoms with Crippen molar-refractivity contribution < 1.29 is 18.9 Å². The van der Waals surface area contributed by atoms with Gasteiger partial charge >= 0.3 is 0 Å². The molecular weight excluding hydrogens is 354 g/mol. The molecule has 2 aromatic carbocycles. The average molecular weight is 375 g/mol. The van der Waals surface area contributed by atoms with E-state index in [4.69, 9.17) is 31.2 Å². The molecule has 0 aliphatic heterocycles. The molecule has 0 heterocycles. The van der Waals surface area contributed by atoms with Crippen LogP contribution in [0.2, 0.25) is 0 Å². The lowest BCUT2D eigenvalue weighted by molar-refractivity contribution is 0.324. The smallest absolute Gasteiger partial charge is 0.203 e. The molecule has 0 saturated heterocycles. The highest BCUT2D eigenvalue weighted by molar-refractivity contribution is 7.80. The molecule has 138 valence electrons. The van der Waals surface area contributed by atoms with Gasteiger partial charge in [0.25, 0.3) is 0 Å². The number of thiocarbonyl (C=S) groups is 1. The fraction of sp³-hybridized carbons (Fsp3) is 0.222. The summed E-state index contributed by atoms with van der Waals surface area (Å²) < 4.78 is 21.1. The van der Waals surface area contributed by atoms with Crippen molar-refractivity contribution in [3.8, 4) is 23.0 Å². The van der Waals surface area contributed by atoms with Gasteiger partial charge in [-0.25, -0.2) is 0 Å². The minimum atomic E-state index is 0.353. The van der Waals surface area contributed by atoms with Gasteiger partial charge in [-0.1, -0.05) is 0 Å². The number of benzene rings is 2. The Labute approximate surface area is 157 Å². The third-order valence-electron chi connectivity index (χ3n) is 3.45. The zero-order chi connectivity index (χ0) is 18.9. The maximum Gasteiger partial charge on any atom is 0.203 e. The molecule has 0 saturated carbocycles. The Bertz CT molecular complexity index is 779. The van der Waals surface area contributed by atoms with E-state index in [9.17, 15) is 0 Å². The quantitative estimate of drug-likeness (QED) is 0.438. The predicted molar refractivity (Wildman–Crippen MR) is 106 cm³/mol. The topological polar surface area (TPSA) is 73.3 Å². The Morgan fingerprint density at radius 1 is 0.885 bits per heavy atom. The van der Waals surface area contributed by atoms with Crippen LogP contribution in [0.25, 0.3) is 0 Å².